The van der Waals surface area contributed by atoms with Crippen LogP contribution in [0.5, 0.6) is 0 Å². The van der Waals surface area contributed by atoms with Gasteiger partial charge in [-0.2, -0.15) is 28.0 Å². The monoisotopic (exact) mass is 472 g/mol. The molecule has 0 aliphatic heterocycles. The van der Waals surface area contributed by atoms with Gasteiger partial charge in [0.2, 0.25) is 5.82 Å². The molecule has 0 fully saturated rings. The lowest BCUT2D eigenvalue weighted by Gasteiger charge is -2.28. The maximum atomic E-state index is 13.3. The summed E-state index contributed by atoms with van der Waals surface area (Å²) in [5, 5.41) is 18.4. The minimum Gasteiger partial charge on any atom is -0.427 e. The number of nitrogens with zero attached hydrogens (tertiary/aromatic N) is 6. The van der Waals surface area contributed by atoms with E-state index in [4.69, 9.17) is 4.52 Å². The van der Waals surface area contributed by atoms with Crippen molar-refractivity contribution in [2.24, 2.45) is 4.99 Å². The van der Waals surface area contributed by atoms with Gasteiger partial charge in [0.15, 0.2) is 11.2 Å². The molecule has 11 heteroatoms. The van der Waals surface area contributed by atoms with Gasteiger partial charge in [-0.25, -0.2) is 0 Å². The van der Waals surface area contributed by atoms with Crippen LogP contribution in [0, 0.1) is 6.92 Å². The summed E-state index contributed by atoms with van der Waals surface area (Å²) < 4.78 is 47.9. The molecule has 0 unspecified atom stereocenters. The highest BCUT2D eigenvalue weighted by Crippen LogP contribution is 2.40. The van der Waals surface area contributed by atoms with E-state index in [-0.39, 0.29) is 17.3 Å². The molecule has 0 saturated heterocycles. The Bertz CT molecular complexity index is 1380. The Labute approximate surface area is 193 Å². The summed E-state index contributed by atoms with van der Waals surface area (Å²) in [5.41, 5.74) is 1.23. The molecule has 4 rings (SSSR count). The van der Waals surface area contributed by atoms with Crippen molar-refractivity contribution in [3.05, 3.63) is 71.0 Å². The van der Waals surface area contributed by atoms with Gasteiger partial charge in [0.25, 0.3) is 5.89 Å². The molecule has 0 spiro atoms. The molecule has 0 atom stereocenters. The predicted octanol–water partition coefficient (Wildman–Crippen LogP) is 4.37. The molecule has 4 aromatic rings. The van der Waals surface area contributed by atoms with Crippen molar-refractivity contribution in [2.75, 3.05) is 7.05 Å². The fourth-order valence-electron chi connectivity index (χ4n) is 3.39. The lowest BCUT2D eigenvalue weighted by molar-refractivity contribution is -0.180. The molecule has 1 N–H and O–H groups in total. The zero-order valence-electron chi connectivity index (χ0n) is 19.0. The van der Waals surface area contributed by atoms with Gasteiger partial charge in [-0.15, -0.1) is 0 Å². The Morgan fingerprint density at radius 2 is 1.79 bits per heavy atom. The number of hydrogen-bond acceptors (Lipinski definition) is 6. The molecule has 178 valence electrons. The molecule has 3 aromatic heterocycles. The van der Waals surface area contributed by atoms with Crippen molar-refractivity contribution < 1.29 is 22.9 Å². The first kappa shape index (κ1) is 23.3. The number of halogens is 3. The van der Waals surface area contributed by atoms with E-state index in [9.17, 15) is 18.4 Å². The van der Waals surface area contributed by atoms with E-state index in [1.54, 1.807) is 30.1 Å². The van der Waals surface area contributed by atoms with Crippen molar-refractivity contribution in [1.29, 1.82) is 0 Å². The van der Waals surface area contributed by atoms with Crippen LogP contribution in [0.15, 0.2) is 58.2 Å². The van der Waals surface area contributed by atoms with Crippen molar-refractivity contribution in [2.45, 2.75) is 38.9 Å². The third-order valence-electron chi connectivity index (χ3n) is 5.73. The van der Waals surface area contributed by atoms with Gasteiger partial charge >= 0.3 is 6.18 Å². The minimum atomic E-state index is -4.37. The van der Waals surface area contributed by atoms with Crippen molar-refractivity contribution >= 4 is 0 Å². The van der Waals surface area contributed by atoms with E-state index >= 15 is 0 Å². The predicted molar refractivity (Wildman–Crippen MR) is 117 cm³/mol. The summed E-state index contributed by atoms with van der Waals surface area (Å²) in [7, 11) is 1.59. The van der Waals surface area contributed by atoms with Crippen molar-refractivity contribution in [3.63, 3.8) is 0 Å². The van der Waals surface area contributed by atoms with Crippen LogP contribution in [0.3, 0.4) is 0 Å². The van der Waals surface area contributed by atoms with E-state index in [2.05, 4.69) is 20.2 Å². The van der Waals surface area contributed by atoms with E-state index in [1.165, 1.54) is 24.3 Å². The van der Waals surface area contributed by atoms with E-state index in [0.717, 1.165) is 29.8 Å². The first-order valence-corrected chi connectivity index (χ1v) is 10.4. The summed E-state index contributed by atoms with van der Waals surface area (Å²) in [6.45, 7) is 4.55. The zero-order chi connectivity index (χ0) is 24.7. The average Bonchev–Trinajstić information content (AvgIpc) is 3.41. The smallest absolute Gasteiger partial charge is 0.397 e. The molecule has 0 radical (unpaired) electrons. The van der Waals surface area contributed by atoms with Gasteiger partial charge in [0.05, 0.1) is 18.2 Å². The summed E-state index contributed by atoms with van der Waals surface area (Å²) in [6.07, 6.45) is -2.81. The molecule has 0 aliphatic rings. The number of aryl methyl sites for hydroxylation is 1. The Kier molecular flexibility index (Phi) is 5.80. The second kappa shape index (κ2) is 8.47. The Hall–Kier alpha value is -3.89. The minimum absolute atomic E-state index is 0.145. The first-order valence-electron chi connectivity index (χ1n) is 10.4. The quantitative estimate of drug-likeness (QED) is 0.436. The van der Waals surface area contributed by atoms with Crippen LogP contribution in [-0.4, -0.2) is 43.1 Å². The number of benzene rings is 1. The largest absolute Gasteiger partial charge is 0.427 e. The standard InChI is InChI=1S/C23H23F3N6O2/c1-14-11-18(29-31(14)12-15-5-10-19(27-4)32(33)13-15)21-28-20(30-34-21)16-6-8-17(9-7-16)22(2,3)23(24,25)26/h5-11,13,33H,12H2,1-4H3. The van der Waals surface area contributed by atoms with Gasteiger partial charge in [-0.05, 0) is 44.0 Å². The van der Waals surface area contributed by atoms with E-state index in [1.807, 2.05) is 13.0 Å². The lowest BCUT2D eigenvalue weighted by atomic mass is 9.83. The molecule has 0 amide bonds. The lowest BCUT2D eigenvalue weighted by Crippen LogP contribution is -2.36. The number of rotatable bonds is 5. The highest BCUT2D eigenvalue weighted by molar-refractivity contribution is 5.58. The Morgan fingerprint density at radius 3 is 2.41 bits per heavy atom. The summed E-state index contributed by atoms with van der Waals surface area (Å²) >= 11 is 0. The molecular formula is C23H23F3N6O2. The van der Waals surface area contributed by atoms with Crippen LogP contribution in [0.25, 0.3) is 23.0 Å². The molecule has 8 nitrogen and oxygen atoms in total. The second-order valence-electron chi connectivity index (χ2n) is 8.42. The first-order chi connectivity index (χ1) is 16.0. The maximum absolute atomic E-state index is 13.3. The van der Waals surface area contributed by atoms with Gasteiger partial charge in [-0.1, -0.05) is 35.5 Å². The molecule has 0 saturated carbocycles. The van der Waals surface area contributed by atoms with Crippen LogP contribution in [0.4, 0.5) is 13.2 Å². The van der Waals surface area contributed by atoms with Crippen LogP contribution < -0.4 is 5.49 Å². The summed E-state index contributed by atoms with van der Waals surface area (Å²) in [4.78, 5) is 8.30. The zero-order valence-corrected chi connectivity index (χ0v) is 19.0. The molecular weight excluding hydrogens is 449 g/mol. The number of pyridine rings is 1. The summed E-state index contributed by atoms with van der Waals surface area (Å²) in [6, 6.07) is 11.2. The molecule has 3 heterocycles. The normalized spacial score (nSPS) is 13.0. The van der Waals surface area contributed by atoms with Gasteiger partial charge < -0.3 is 9.73 Å². The molecule has 1 aromatic carbocycles. The fourth-order valence-corrected chi connectivity index (χ4v) is 3.39. The highest BCUT2D eigenvalue weighted by atomic mass is 19.4. The Balaban J connectivity index is 1.55. The van der Waals surface area contributed by atoms with Crippen LogP contribution in [-0.2, 0) is 12.0 Å². The number of alkyl halides is 3. The third-order valence-corrected chi connectivity index (χ3v) is 5.73. The van der Waals surface area contributed by atoms with E-state index < -0.39 is 11.6 Å². The topological polar surface area (TPSA) is 94.3 Å². The average molecular weight is 472 g/mol. The van der Waals surface area contributed by atoms with Gasteiger partial charge in [0, 0.05) is 18.3 Å². The fraction of sp³-hybridized carbons (Fsp3) is 0.304. The number of aromatic nitrogens is 5. The van der Waals surface area contributed by atoms with E-state index in [0.29, 0.717) is 23.3 Å². The van der Waals surface area contributed by atoms with Crippen molar-refractivity contribution in [3.8, 4) is 23.0 Å². The van der Waals surface area contributed by atoms with Crippen LogP contribution in [0.1, 0.15) is 30.7 Å². The van der Waals surface area contributed by atoms with Gasteiger partial charge in [0.1, 0.15) is 0 Å². The molecule has 0 aliphatic carbocycles. The third kappa shape index (κ3) is 4.33. The Morgan fingerprint density at radius 1 is 1.09 bits per heavy atom. The van der Waals surface area contributed by atoms with Crippen LogP contribution >= 0.6 is 0 Å². The van der Waals surface area contributed by atoms with Crippen LogP contribution in [0.2, 0.25) is 0 Å². The number of hydrogen-bond donors (Lipinski definition) is 1. The second-order valence-corrected chi connectivity index (χ2v) is 8.42. The van der Waals surface area contributed by atoms with Crippen molar-refractivity contribution in [1.82, 2.24) is 24.7 Å². The SMILES string of the molecule is CN=c1ccc(Cn2nc(-c3nc(-c4ccc(C(C)(C)C(F)(F)F)cc4)no3)cc2C)cn1O. The maximum Gasteiger partial charge on any atom is 0.397 e. The molecule has 34 heavy (non-hydrogen) atoms. The summed E-state index contributed by atoms with van der Waals surface area (Å²) in [5.74, 6) is 0.438. The van der Waals surface area contributed by atoms with Gasteiger partial charge in [-0.3, -0.25) is 9.67 Å². The highest BCUT2D eigenvalue weighted by Gasteiger charge is 2.48. The molecule has 0 bridgehead atoms.